The number of rotatable bonds is 4. The highest BCUT2D eigenvalue weighted by atomic mass is 19.1. The highest BCUT2D eigenvalue weighted by molar-refractivity contribution is 5.89. The summed E-state index contributed by atoms with van der Waals surface area (Å²) in [6.07, 6.45) is 0. The maximum absolute atomic E-state index is 13.1. The molecular formula is C20H17FN4O. The van der Waals surface area contributed by atoms with E-state index in [1.54, 1.807) is 19.1 Å². The molecule has 0 aliphatic carbocycles. The zero-order chi connectivity index (χ0) is 18.1. The molecule has 0 fully saturated rings. The summed E-state index contributed by atoms with van der Waals surface area (Å²) in [5.74, 6) is 1.39. The smallest absolute Gasteiger partial charge is 0.223 e. The largest absolute Gasteiger partial charge is 0.365 e. The van der Waals surface area contributed by atoms with Crippen LogP contribution in [0.4, 0.5) is 10.2 Å². The number of nitrogens with zero attached hydrogens (tertiary/aromatic N) is 3. The van der Waals surface area contributed by atoms with Gasteiger partial charge >= 0.3 is 0 Å². The Morgan fingerprint density at radius 2 is 1.85 bits per heavy atom. The van der Waals surface area contributed by atoms with Crippen LogP contribution in [0, 0.1) is 19.7 Å². The molecule has 0 unspecified atom stereocenters. The Morgan fingerprint density at radius 3 is 2.58 bits per heavy atom. The number of benzene rings is 2. The first-order chi connectivity index (χ1) is 12.6. The van der Waals surface area contributed by atoms with Crippen LogP contribution in [0.25, 0.3) is 22.3 Å². The van der Waals surface area contributed by atoms with Gasteiger partial charge in [0.15, 0.2) is 0 Å². The number of aryl methyl sites for hydroxylation is 2. The van der Waals surface area contributed by atoms with Crippen molar-refractivity contribution in [1.82, 2.24) is 15.1 Å². The molecule has 5 nitrogen and oxygen atoms in total. The predicted molar refractivity (Wildman–Crippen MR) is 98.2 cm³/mol. The number of hydrogen-bond acceptors (Lipinski definition) is 5. The number of halogens is 1. The molecule has 2 aromatic carbocycles. The Labute approximate surface area is 149 Å². The molecule has 0 amide bonds. The topological polar surface area (TPSA) is 63.8 Å². The standard InChI is InChI=1S/C20H17FN4O/c1-12-4-3-5-15-10-17(20-23-13(2)26-25-20)19(24-18(12)15)22-11-14-6-8-16(21)9-7-14/h3-10H,11H2,1-2H3,(H,22,24). The van der Waals surface area contributed by atoms with E-state index in [-0.39, 0.29) is 5.82 Å². The molecule has 130 valence electrons. The van der Waals surface area contributed by atoms with Crippen molar-refractivity contribution in [1.29, 1.82) is 0 Å². The van der Waals surface area contributed by atoms with Crippen LogP contribution >= 0.6 is 0 Å². The summed E-state index contributed by atoms with van der Waals surface area (Å²) in [4.78, 5) is 9.12. The number of anilines is 1. The molecule has 0 saturated heterocycles. The molecule has 0 bridgehead atoms. The fourth-order valence-electron chi connectivity index (χ4n) is 2.85. The third-order valence-corrected chi connectivity index (χ3v) is 4.19. The van der Waals surface area contributed by atoms with Gasteiger partial charge in [0, 0.05) is 18.9 Å². The van der Waals surface area contributed by atoms with Crippen LogP contribution in [0.15, 0.2) is 53.1 Å². The van der Waals surface area contributed by atoms with Crippen molar-refractivity contribution in [3.8, 4) is 11.4 Å². The maximum Gasteiger partial charge on any atom is 0.223 e. The lowest BCUT2D eigenvalue weighted by Gasteiger charge is -2.12. The van der Waals surface area contributed by atoms with Crippen LogP contribution in [0.1, 0.15) is 17.0 Å². The maximum atomic E-state index is 13.1. The molecule has 26 heavy (non-hydrogen) atoms. The minimum atomic E-state index is -0.254. The van der Waals surface area contributed by atoms with Crippen molar-refractivity contribution in [2.24, 2.45) is 0 Å². The Morgan fingerprint density at radius 1 is 1.04 bits per heavy atom. The molecule has 2 aromatic heterocycles. The average molecular weight is 348 g/mol. The second kappa shape index (κ2) is 6.55. The fraction of sp³-hybridized carbons (Fsp3) is 0.150. The summed E-state index contributed by atoms with van der Waals surface area (Å²) in [5, 5.41) is 8.36. The van der Waals surface area contributed by atoms with Crippen molar-refractivity contribution in [2.75, 3.05) is 5.32 Å². The summed E-state index contributed by atoms with van der Waals surface area (Å²) in [5.41, 5.74) is 3.72. The van der Waals surface area contributed by atoms with Crippen molar-refractivity contribution in [3.63, 3.8) is 0 Å². The summed E-state index contributed by atoms with van der Waals surface area (Å²) >= 11 is 0. The van der Waals surface area contributed by atoms with Gasteiger partial charge in [0.1, 0.15) is 11.6 Å². The normalized spacial score (nSPS) is 11.0. The minimum absolute atomic E-state index is 0.254. The van der Waals surface area contributed by atoms with Crippen LogP contribution in [0.2, 0.25) is 0 Å². The fourth-order valence-corrected chi connectivity index (χ4v) is 2.85. The van der Waals surface area contributed by atoms with Gasteiger partial charge in [0.2, 0.25) is 11.7 Å². The molecule has 6 heteroatoms. The molecule has 4 aromatic rings. The van der Waals surface area contributed by atoms with Gasteiger partial charge in [-0.25, -0.2) is 9.37 Å². The van der Waals surface area contributed by atoms with Crippen LogP contribution in [0.3, 0.4) is 0 Å². The lowest BCUT2D eigenvalue weighted by Crippen LogP contribution is -2.04. The first kappa shape index (κ1) is 16.2. The molecule has 0 aliphatic heterocycles. The van der Waals surface area contributed by atoms with Gasteiger partial charge in [-0.15, -0.1) is 0 Å². The van der Waals surface area contributed by atoms with Gasteiger partial charge in [-0.1, -0.05) is 35.5 Å². The summed E-state index contributed by atoms with van der Waals surface area (Å²) < 4.78 is 18.2. The van der Waals surface area contributed by atoms with Gasteiger partial charge in [-0.3, -0.25) is 0 Å². The van der Waals surface area contributed by atoms with E-state index < -0.39 is 0 Å². The van der Waals surface area contributed by atoms with E-state index in [0.717, 1.165) is 27.6 Å². The van der Waals surface area contributed by atoms with Crippen molar-refractivity contribution in [3.05, 3.63) is 71.4 Å². The molecule has 0 saturated carbocycles. The second-order valence-corrected chi connectivity index (χ2v) is 6.15. The molecule has 4 rings (SSSR count). The number of nitrogens with one attached hydrogen (secondary N) is 1. The molecule has 2 heterocycles. The van der Waals surface area contributed by atoms with Crippen LogP contribution < -0.4 is 5.32 Å². The highest BCUT2D eigenvalue weighted by Gasteiger charge is 2.15. The Bertz CT molecular complexity index is 1070. The predicted octanol–water partition coefficient (Wildman–Crippen LogP) is 4.65. The van der Waals surface area contributed by atoms with E-state index in [0.29, 0.717) is 24.1 Å². The Hall–Kier alpha value is -3.28. The first-order valence-corrected chi connectivity index (χ1v) is 8.29. The number of aromatic nitrogens is 3. The SMILES string of the molecule is Cc1nc(-c2cc3cccc(C)c3nc2NCc2ccc(F)cc2)no1. The van der Waals surface area contributed by atoms with Gasteiger partial charge in [-0.05, 0) is 36.2 Å². The summed E-state index contributed by atoms with van der Waals surface area (Å²) in [6.45, 7) is 4.28. The zero-order valence-electron chi connectivity index (χ0n) is 14.5. The van der Waals surface area contributed by atoms with Crippen molar-refractivity contribution >= 4 is 16.7 Å². The van der Waals surface area contributed by atoms with E-state index in [1.165, 1.54) is 12.1 Å². The van der Waals surface area contributed by atoms with E-state index in [2.05, 4.69) is 15.5 Å². The van der Waals surface area contributed by atoms with Gasteiger partial charge in [0.05, 0.1) is 11.1 Å². The van der Waals surface area contributed by atoms with E-state index in [1.807, 2.05) is 31.2 Å². The molecule has 0 radical (unpaired) electrons. The second-order valence-electron chi connectivity index (χ2n) is 6.15. The molecule has 1 N–H and O–H groups in total. The number of pyridine rings is 1. The molecular weight excluding hydrogens is 331 g/mol. The van der Waals surface area contributed by atoms with Gasteiger partial charge in [-0.2, -0.15) is 4.98 Å². The first-order valence-electron chi connectivity index (χ1n) is 8.29. The zero-order valence-corrected chi connectivity index (χ0v) is 14.5. The number of fused-ring (bicyclic) bond motifs is 1. The highest BCUT2D eigenvalue weighted by Crippen LogP contribution is 2.30. The Kier molecular flexibility index (Phi) is 4.08. The van der Waals surface area contributed by atoms with Crippen molar-refractivity contribution < 1.29 is 8.91 Å². The van der Waals surface area contributed by atoms with Crippen molar-refractivity contribution in [2.45, 2.75) is 20.4 Å². The van der Waals surface area contributed by atoms with E-state index in [9.17, 15) is 4.39 Å². The van der Waals surface area contributed by atoms with Crippen LogP contribution in [-0.2, 0) is 6.54 Å². The van der Waals surface area contributed by atoms with E-state index >= 15 is 0 Å². The summed E-state index contributed by atoms with van der Waals surface area (Å²) in [6, 6.07) is 14.4. The van der Waals surface area contributed by atoms with Gasteiger partial charge < -0.3 is 9.84 Å². The monoisotopic (exact) mass is 348 g/mol. The molecule has 0 spiro atoms. The average Bonchev–Trinajstić information content (AvgIpc) is 3.07. The molecule has 0 atom stereocenters. The van der Waals surface area contributed by atoms with E-state index in [4.69, 9.17) is 9.51 Å². The van der Waals surface area contributed by atoms with Crippen LogP contribution in [0.5, 0.6) is 0 Å². The molecule has 0 aliphatic rings. The van der Waals surface area contributed by atoms with Crippen LogP contribution in [-0.4, -0.2) is 15.1 Å². The third-order valence-electron chi connectivity index (χ3n) is 4.19. The quantitative estimate of drug-likeness (QED) is 0.581. The lowest BCUT2D eigenvalue weighted by atomic mass is 10.1. The number of para-hydroxylation sites is 1. The number of hydrogen-bond donors (Lipinski definition) is 1. The third kappa shape index (κ3) is 3.13. The summed E-state index contributed by atoms with van der Waals surface area (Å²) in [7, 11) is 0. The van der Waals surface area contributed by atoms with Gasteiger partial charge in [0.25, 0.3) is 0 Å². The minimum Gasteiger partial charge on any atom is -0.365 e. The Balaban J connectivity index is 1.77. The lowest BCUT2D eigenvalue weighted by molar-refractivity contribution is 0.394.